The third-order valence-corrected chi connectivity index (χ3v) is 5.57. The Hall–Kier alpha value is -2.42. The van der Waals surface area contributed by atoms with E-state index in [1.807, 2.05) is 37.3 Å². The molecule has 0 aliphatic carbocycles. The summed E-state index contributed by atoms with van der Waals surface area (Å²) in [7, 11) is -4.31. The number of carbonyl (C=O) groups excluding carboxylic acids is 1. The Morgan fingerprint density at radius 3 is 2.24 bits per heavy atom. The summed E-state index contributed by atoms with van der Waals surface area (Å²) in [6, 6.07) is 15.9. The van der Waals surface area contributed by atoms with E-state index in [9.17, 15) is 14.3 Å². The molecule has 25 heavy (non-hydrogen) atoms. The summed E-state index contributed by atoms with van der Waals surface area (Å²) in [5.41, 5.74) is 2.80. The van der Waals surface area contributed by atoms with Gasteiger partial charge < -0.3 is 9.42 Å². The first-order chi connectivity index (χ1) is 11.8. The number of hydrogen-bond acceptors (Lipinski definition) is 3. The Morgan fingerprint density at radius 2 is 1.56 bits per heavy atom. The molecule has 1 N–H and O–H groups in total. The molecule has 128 valence electrons. The quantitative estimate of drug-likeness (QED) is 0.707. The molecular formula is C20H19O4P. The minimum atomic E-state index is -4.31. The Kier molecular flexibility index (Phi) is 4.51. The zero-order chi connectivity index (χ0) is 18.2. The second-order valence-corrected chi connectivity index (χ2v) is 7.88. The number of rotatable bonds is 3. The van der Waals surface area contributed by atoms with Gasteiger partial charge in [0, 0.05) is 0 Å². The first-order valence-corrected chi connectivity index (χ1v) is 9.50. The van der Waals surface area contributed by atoms with E-state index >= 15 is 0 Å². The van der Waals surface area contributed by atoms with Crippen molar-refractivity contribution >= 4 is 29.6 Å². The average Bonchev–Trinajstić information content (AvgIpc) is 2.52. The van der Waals surface area contributed by atoms with Crippen molar-refractivity contribution in [2.75, 3.05) is 0 Å². The van der Waals surface area contributed by atoms with E-state index in [1.54, 1.807) is 32.0 Å². The van der Waals surface area contributed by atoms with Crippen LogP contribution < -0.4 is 5.30 Å². The molecule has 0 amide bonds. The molecule has 0 saturated heterocycles. The molecule has 1 unspecified atom stereocenters. The molecule has 3 rings (SSSR count). The second-order valence-electron chi connectivity index (χ2n) is 6.17. The van der Waals surface area contributed by atoms with E-state index in [4.69, 9.17) is 4.52 Å². The van der Waals surface area contributed by atoms with Gasteiger partial charge in [-0.1, -0.05) is 54.1 Å². The lowest BCUT2D eigenvalue weighted by atomic mass is 10.0. The molecule has 0 radical (unpaired) electrons. The molecule has 0 bridgehead atoms. The summed E-state index contributed by atoms with van der Waals surface area (Å²) in [4.78, 5) is 23.0. The highest BCUT2D eigenvalue weighted by Gasteiger charge is 2.30. The largest absolute Gasteiger partial charge is 0.411 e. The molecule has 0 aliphatic heterocycles. The SMILES string of the molecule is Cc1cc(C)c(C(=O)OP(=O)(O)c2cccc3ccccc23)c(C)c1. The van der Waals surface area contributed by atoms with Crippen LogP contribution >= 0.6 is 7.60 Å². The van der Waals surface area contributed by atoms with Crippen LogP contribution in [0, 0.1) is 20.8 Å². The van der Waals surface area contributed by atoms with Crippen molar-refractivity contribution in [3.8, 4) is 0 Å². The van der Waals surface area contributed by atoms with Crippen LogP contribution in [0.5, 0.6) is 0 Å². The molecular weight excluding hydrogens is 335 g/mol. The molecule has 0 fully saturated rings. The summed E-state index contributed by atoms with van der Waals surface area (Å²) in [6.07, 6.45) is 0. The zero-order valence-corrected chi connectivity index (χ0v) is 15.2. The van der Waals surface area contributed by atoms with Crippen LogP contribution in [0.1, 0.15) is 27.0 Å². The predicted octanol–water partition coefficient (Wildman–Crippen LogP) is 4.43. The Labute approximate surface area is 146 Å². The van der Waals surface area contributed by atoms with Crippen molar-refractivity contribution in [2.24, 2.45) is 0 Å². The number of fused-ring (bicyclic) bond motifs is 1. The van der Waals surface area contributed by atoms with Crippen LogP contribution in [-0.2, 0) is 9.09 Å². The molecule has 5 heteroatoms. The van der Waals surface area contributed by atoms with Crippen molar-refractivity contribution in [3.05, 3.63) is 76.9 Å². The Balaban J connectivity index is 2.02. The predicted molar refractivity (Wildman–Crippen MR) is 99.5 cm³/mol. The molecule has 3 aromatic rings. The standard InChI is InChI=1S/C20H19O4P/c1-13-11-14(2)19(15(3)12-13)20(21)24-25(22,23)18-10-6-8-16-7-4-5-9-17(16)18/h4-12H,1-3H3,(H,22,23). The van der Waals surface area contributed by atoms with Crippen LogP contribution in [0.3, 0.4) is 0 Å². The Morgan fingerprint density at radius 1 is 0.960 bits per heavy atom. The maximum atomic E-state index is 12.8. The summed E-state index contributed by atoms with van der Waals surface area (Å²) >= 11 is 0. The van der Waals surface area contributed by atoms with Crippen molar-refractivity contribution < 1.29 is 18.8 Å². The highest BCUT2D eigenvalue weighted by Crippen LogP contribution is 2.44. The van der Waals surface area contributed by atoms with Gasteiger partial charge in [-0.3, -0.25) is 0 Å². The van der Waals surface area contributed by atoms with E-state index in [-0.39, 0.29) is 5.30 Å². The van der Waals surface area contributed by atoms with Crippen LogP contribution in [-0.4, -0.2) is 10.9 Å². The average molecular weight is 354 g/mol. The normalized spacial score (nSPS) is 13.4. The van der Waals surface area contributed by atoms with Gasteiger partial charge in [-0.2, -0.15) is 0 Å². The molecule has 1 atom stereocenters. The Bertz CT molecular complexity index is 995. The molecule has 0 aromatic heterocycles. The van der Waals surface area contributed by atoms with Crippen molar-refractivity contribution in [2.45, 2.75) is 20.8 Å². The highest BCUT2D eigenvalue weighted by atomic mass is 31.2. The van der Waals surface area contributed by atoms with Gasteiger partial charge >= 0.3 is 13.6 Å². The number of carbonyl (C=O) groups is 1. The summed E-state index contributed by atoms with van der Waals surface area (Å²) in [5, 5.41) is 1.54. The van der Waals surface area contributed by atoms with Crippen LogP contribution in [0.2, 0.25) is 0 Å². The van der Waals surface area contributed by atoms with Gasteiger partial charge in [0.1, 0.15) is 0 Å². The maximum absolute atomic E-state index is 12.8. The van der Waals surface area contributed by atoms with E-state index in [0.29, 0.717) is 10.9 Å². The van der Waals surface area contributed by atoms with E-state index in [1.165, 1.54) is 6.07 Å². The number of hydrogen-bond donors (Lipinski definition) is 1. The van der Waals surface area contributed by atoms with Crippen molar-refractivity contribution in [1.29, 1.82) is 0 Å². The minimum Gasteiger partial charge on any atom is -0.385 e. The van der Waals surface area contributed by atoms with Gasteiger partial charge in [-0.25, -0.2) is 9.36 Å². The lowest BCUT2D eigenvalue weighted by molar-refractivity contribution is 0.0721. The third-order valence-electron chi connectivity index (χ3n) is 4.16. The van der Waals surface area contributed by atoms with Crippen LogP contribution in [0.4, 0.5) is 0 Å². The van der Waals surface area contributed by atoms with Gasteiger partial charge in [-0.15, -0.1) is 0 Å². The third kappa shape index (κ3) is 3.37. The summed E-state index contributed by atoms with van der Waals surface area (Å²) in [5.74, 6) is -0.784. The van der Waals surface area contributed by atoms with E-state index in [2.05, 4.69) is 0 Å². The molecule has 0 aliphatic rings. The van der Waals surface area contributed by atoms with Crippen LogP contribution in [0.15, 0.2) is 54.6 Å². The summed E-state index contributed by atoms with van der Waals surface area (Å²) in [6.45, 7) is 5.51. The fourth-order valence-corrected chi connectivity index (χ4v) is 4.36. The number of aryl methyl sites for hydroxylation is 3. The van der Waals surface area contributed by atoms with Crippen molar-refractivity contribution in [1.82, 2.24) is 0 Å². The van der Waals surface area contributed by atoms with Gasteiger partial charge in [0.05, 0.1) is 10.9 Å². The molecule has 3 aromatic carbocycles. The van der Waals surface area contributed by atoms with Gasteiger partial charge in [0.2, 0.25) is 0 Å². The lowest BCUT2D eigenvalue weighted by Crippen LogP contribution is -2.14. The lowest BCUT2D eigenvalue weighted by Gasteiger charge is -2.16. The molecule has 0 spiro atoms. The zero-order valence-electron chi connectivity index (χ0n) is 14.3. The molecule has 4 nitrogen and oxygen atoms in total. The fraction of sp³-hybridized carbons (Fsp3) is 0.150. The molecule has 0 saturated carbocycles. The van der Waals surface area contributed by atoms with Gasteiger partial charge in [0.15, 0.2) is 0 Å². The fourth-order valence-electron chi connectivity index (χ4n) is 3.16. The van der Waals surface area contributed by atoms with Crippen molar-refractivity contribution in [3.63, 3.8) is 0 Å². The highest BCUT2D eigenvalue weighted by molar-refractivity contribution is 7.62. The monoisotopic (exact) mass is 354 g/mol. The second kappa shape index (κ2) is 6.47. The number of benzene rings is 3. The first kappa shape index (κ1) is 17.4. The minimum absolute atomic E-state index is 0.126. The van der Waals surface area contributed by atoms with E-state index < -0.39 is 13.6 Å². The smallest absolute Gasteiger partial charge is 0.385 e. The molecule has 0 heterocycles. The van der Waals surface area contributed by atoms with Gasteiger partial charge in [-0.05, 0) is 48.7 Å². The maximum Gasteiger partial charge on any atom is 0.411 e. The van der Waals surface area contributed by atoms with E-state index in [0.717, 1.165) is 22.1 Å². The topological polar surface area (TPSA) is 63.6 Å². The summed E-state index contributed by atoms with van der Waals surface area (Å²) < 4.78 is 17.9. The van der Waals surface area contributed by atoms with Gasteiger partial charge in [0.25, 0.3) is 0 Å². The first-order valence-electron chi connectivity index (χ1n) is 7.92. The van der Waals surface area contributed by atoms with Crippen LogP contribution in [0.25, 0.3) is 10.8 Å².